The zero-order valence-corrected chi connectivity index (χ0v) is 10.6. The first-order valence-electron chi connectivity index (χ1n) is 6.37. The Labute approximate surface area is 102 Å². The summed E-state index contributed by atoms with van der Waals surface area (Å²) in [5.41, 5.74) is 3.64. The van der Waals surface area contributed by atoms with Crippen molar-refractivity contribution in [3.63, 3.8) is 0 Å². The SMILES string of the molecule is Cc1cccn2cc(C3CCN(C)CC3)nc12. The molecule has 0 atom stereocenters. The Balaban J connectivity index is 1.93. The van der Waals surface area contributed by atoms with Gasteiger partial charge in [-0.15, -0.1) is 0 Å². The summed E-state index contributed by atoms with van der Waals surface area (Å²) in [5.74, 6) is 0.644. The van der Waals surface area contributed by atoms with Gasteiger partial charge in [-0.1, -0.05) is 6.07 Å². The molecule has 0 spiro atoms. The van der Waals surface area contributed by atoms with E-state index in [1.54, 1.807) is 0 Å². The normalized spacial score (nSPS) is 18.9. The van der Waals surface area contributed by atoms with Crippen LogP contribution in [0.2, 0.25) is 0 Å². The zero-order chi connectivity index (χ0) is 11.8. The van der Waals surface area contributed by atoms with Crippen LogP contribution in [0.3, 0.4) is 0 Å². The van der Waals surface area contributed by atoms with Crippen LogP contribution in [0.25, 0.3) is 5.65 Å². The maximum absolute atomic E-state index is 4.81. The first-order chi connectivity index (χ1) is 8.24. The minimum Gasteiger partial charge on any atom is -0.307 e. The molecule has 0 aromatic carbocycles. The molecule has 0 N–H and O–H groups in total. The summed E-state index contributed by atoms with van der Waals surface area (Å²) in [6, 6.07) is 4.21. The lowest BCUT2D eigenvalue weighted by molar-refractivity contribution is 0.253. The fourth-order valence-electron chi connectivity index (χ4n) is 2.67. The van der Waals surface area contributed by atoms with Gasteiger partial charge in [-0.05, 0) is 51.5 Å². The van der Waals surface area contributed by atoms with Crippen LogP contribution < -0.4 is 0 Å². The summed E-state index contributed by atoms with van der Waals surface area (Å²) < 4.78 is 2.16. The van der Waals surface area contributed by atoms with E-state index in [0.717, 1.165) is 5.65 Å². The minimum atomic E-state index is 0.644. The van der Waals surface area contributed by atoms with Crippen molar-refractivity contribution >= 4 is 5.65 Å². The Morgan fingerprint density at radius 1 is 1.29 bits per heavy atom. The molecule has 0 radical (unpaired) electrons. The van der Waals surface area contributed by atoms with E-state index in [1.165, 1.54) is 37.2 Å². The third-order valence-electron chi connectivity index (χ3n) is 3.83. The molecule has 1 aliphatic rings. The van der Waals surface area contributed by atoms with Crippen LogP contribution in [0.5, 0.6) is 0 Å². The molecule has 0 amide bonds. The van der Waals surface area contributed by atoms with E-state index in [4.69, 9.17) is 4.98 Å². The number of rotatable bonds is 1. The monoisotopic (exact) mass is 229 g/mol. The molecular weight excluding hydrogens is 210 g/mol. The van der Waals surface area contributed by atoms with Gasteiger partial charge in [-0.25, -0.2) is 4.98 Å². The van der Waals surface area contributed by atoms with E-state index in [1.807, 2.05) is 0 Å². The lowest BCUT2D eigenvalue weighted by Crippen LogP contribution is -2.29. The molecule has 3 nitrogen and oxygen atoms in total. The molecule has 2 aromatic rings. The van der Waals surface area contributed by atoms with Crippen molar-refractivity contribution in [2.45, 2.75) is 25.7 Å². The highest BCUT2D eigenvalue weighted by Gasteiger charge is 2.20. The second-order valence-electron chi connectivity index (χ2n) is 5.17. The first kappa shape index (κ1) is 10.8. The van der Waals surface area contributed by atoms with Crippen LogP contribution in [-0.2, 0) is 0 Å². The van der Waals surface area contributed by atoms with E-state index in [0.29, 0.717) is 5.92 Å². The molecule has 1 fully saturated rings. The zero-order valence-electron chi connectivity index (χ0n) is 10.6. The number of piperidine rings is 1. The Hall–Kier alpha value is -1.35. The van der Waals surface area contributed by atoms with Crippen LogP contribution in [-0.4, -0.2) is 34.4 Å². The smallest absolute Gasteiger partial charge is 0.139 e. The summed E-state index contributed by atoms with van der Waals surface area (Å²) in [7, 11) is 2.20. The molecule has 0 saturated carbocycles. The Morgan fingerprint density at radius 2 is 2.06 bits per heavy atom. The third kappa shape index (κ3) is 1.95. The Kier molecular flexibility index (Phi) is 2.63. The highest BCUT2D eigenvalue weighted by atomic mass is 15.1. The van der Waals surface area contributed by atoms with E-state index in [9.17, 15) is 0 Å². The van der Waals surface area contributed by atoms with Gasteiger partial charge < -0.3 is 9.30 Å². The van der Waals surface area contributed by atoms with Crippen molar-refractivity contribution in [1.82, 2.24) is 14.3 Å². The summed E-state index contributed by atoms with van der Waals surface area (Å²) >= 11 is 0. The Bertz CT molecular complexity index is 521. The van der Waals surface area contributed by atoms with Gasteiger partial charge in [0, 0.05) is 18.3 Å². The number of nitrogens with zero attached hydrogens (tertiary/aromatic N) is 3. The third-order valence-corrected chi connectivity index (χ3v) is 3.83. The van der Waals surface area contributed by atoms with Crippen molar-refractivity contribution in [1.29, 1.82) is 0 Å². The van der Waals surface area contributed by atoms with Gasteiger partial charge in [-0.3, -0.25) is 0 Å². The summed E-state index contributed by atoms with van der Waals surface area (Å²) in [5, 5.41) is 0. The molecule has 3 rings (SSSR count). The van der Waals surface area contributed by atoms with E-state index >= 15 is 0 Å². The number of pyridine rings is 1. The van der Waals surface area contributed by atoms with Gasteiger partial charge in [0.15, 0.2) is 0 Å². The molecule has 0 unspecified atom stereocenters. The number of hydrogen-bond donors (Lipinski definition) is 0. The average Bonchev–Trinajstić information content (AvgIpc) is 2.75. The predicted molar refractivity (Wildman–Crippen MR) is 69.4 cm³/mol. The van der Waals surface area contributed by atoms with Gasteiger partial charge in [0.25, 0.3) is 0 Å². The molecule has 0 aliphatic carbocycles. The van der Waals surface area contributed by atoms with Gasteiger partial charge in [0.05, 0.1) is 5.69 Å². The maximum atomic E-state index is 4.81. The Morgan fingerprint density at radius 3 is 2.76 bits per heavy atom. The number of hydrogen-bond acceptors (Lipinski definition) is 2. The van der Waals surface area contributed by atoms with Gasteiger partial charge in [0.2, 0.25) is 0 Å². The molecule has 1 aliphatic heterocycles. The number of aryl methyl sites for hydroxylation is 1. The summed E-state index contributed by atoms with van der Waals surface area (Å²) in [6.45, 7) is 4.51. The maximum Gasteiger partial charge on any atom is 0.139 e. The molecule has 1 saturated heterocycles. The van der Waals surface area contributed by atoms with Crippen LogP contribution in [0, 0.1) is 6.92 Å². The van der Waals surface area contributed by atoms with Crippen molar-refractivity contribution in [2.24, 2.45) is 0 Å². The lowest BCUT2D eigenvalue weighted by atomic mass is 9.94. The van der Waals surface area contributed by atoms with Crippen LogP contribution in [0.1, 0.15) is 30.0 Å². The predicted octanol–water partition coefficient (Wildman–Crippen LogP) is 2.45. The standard InChI is InChI=1S/C14H19N3/c1-11-4-3-7-17-10-13(15-14(11)17)12-5-8-16(2)9-6-12/h3-4,7,10,12H,5-6,8-9H2,1-2H3. The molecular formula is C14H19N3. The topological polar surface area (TPSA) is 20.5 Å². The van der Waals surface area contributed by atoms with Crippen LogP contribution >= 0.6 is 0 Å². The number of fused-ring (bicyclic) bond motifs is 1. The molecule has 2 aromatic heterocycles. The fraction of sp³-hybridized carbons (Fsp3) is 0.500. The van der Waals surface area contributed by atoms with Crippen LogP contribution in [0.4, 0.5) is 0 Å². The average molecular weight is 229 g/mol. The quantitative estimate of drug-likeness (QED) is 0.748. The summed E-state index contributed by atoms with van der Waals surface area (Å²) in [6.07, 6.45) is 6.77. The highest BCUT2D eigenvalue weighted by molar-refractivity contribution is 5.48. The van der Waals surface area contributed by atoms with Gasteiger partial charge in [0.1, 0.15) is 5.65 Å². The molecule has 90 valence electrons. The lowest BCUT2D eigenvalue weighted by Gasteiger charge is -2.27. The second-order valence-corrected chi connectivity index (χ2v) is 5.17. The van der Waals surface area contributed by atoms with E-state index in [2.05, 4.69) is 47.8 Å². The van der Waals surface area contributed by atoms with Crippen LogP contribution in [0.15, 0.2) is 24.5 Å². The number of imidazole rings is 1. The molecule has 17 heavy (non-hydrogen) atoms. The largest absolute Gasteiger partial charge is 0.307 e. The highest BCUT2D eigenvalue weighted by Crippen LogP contribution is 2.27. The second kappa shape index (κ2) is 4.15. The fourth-order valence-corrected chi connectivity index (χ4v) is 2.67. The summed E-state index contributed by atoms with van der Waals surface area (Å²) in [4.78, 5) is 7.21. The first-order valence-corrected chi connectivity index (χ1v) is 6.37. The number of likely N-dealkylation sites (tertiary alicyclic amines) is 1. The van der Waals surface area contributed by atoms with E-state index < -0.39 is 0 Å². The minimum absolute atomic E-state index is 0.644. The molecule has 3 heteroatoms. The van der Waals surface area contributed by atoms with Crippen molar-refractivity contribution in [3.8, 4) is 0 Å². The van der Waals surface area contributed by atoms with Crippen molar-refractivity contribution in [2.75, 3.05) is 20.1 Å². The van der Waals surface area contributed by atoms with Gasteiger partial charge in [-0.2, -0.15) is 0 Å². The van der Waals surface area contributed by atoms with Crippen molar-refractivity contribution in [3.05, 3.63) is 35.8 Å². The van der Waals surface area contributed by atoms with Crippen molar-refractivity contribution < 1.29 is 0 Å². The molecule has 0 bridgehead atoms. The number of aromatic nitrogens is 2. The van der Waals surface area contributed by atoms with Gasteiger partial charge >= 0.3 is 0 Å². The molecule has 3 heterocycles. The van der Waals surface area contributed by atoms with E-state index in [-0.39, 0.29) is 0 Å².